The lowest BCUT2D eigenvalue weighted by Gasteiger charge is -2.21. The van der Waals surface area contributed by atoms with Crippen LogP contribution >= 0.6 is 0 Å². The quantitative estimate of drug-likeness (QED) is 0.394. The van der Waals surface area contributed by atoms with Gasteiger partial charge in [0.1, 0.15) is 25.4 Å². The minimum atomic E-state index is -0.381. The highest BCUT2D eigenvalue weighted by Gasteiger charge is 2.18. The first-order valence-electron chi connectivity index (χ1n) is 11.7. The van der Waals surface area contributed by atoms with E-state index in [4.69, 9.17) is 18.9 Å². The summed E-state index contributed by atoms with van der Waals surface area (Å²) in [5.74, 6) is 10.9. The fourth-order valence-corrected chi connectivity index (χ4v) is 3.61. The van der Waals surface area contributed by atoms with E-state index in [9.17, 15) is 9.59 Å². The van der Waals surface area contributed by atoms with Crippen LogP contribution in [0.3, 0.4) is 0 Å². The molecule has 0 bridgehead atoms. The Kier molecular flexibility index (Phi) is 13.9. The molecule has 8 nitrogen and oxygen atoms in total. The molecule has 178 valence electrons. The number of hydrogen-bond acceptors (Lipinski definition) is 6. The first-order chi connectivity index (χ1) is 15.7. The maximum atomic E-state index is 11.7. The second-order valence-electron chi connectivity index (χ2n) is 7.89. The summed E-state index contributed by atoms with van der Waals surface area (Å²) in [7, 11) is 0. The molecule has 0 aromatic rings. The van der Waals surface area contributed by atoms with Gasteiger partial charge >= 0.3 is 12.2 Å². The van der Waals surface area contributed by atoms with Crippen LogP contribution in [0, 0.1) is 23.7 Å². The van der Waals surface area contributed by atoms with Gasteiger partial charge in [0.2, 0.25) is 0 Å². The van der Waals surface area contributed by atoms with Gasteiger partial charge in [-0.15, -0.1) is 0 Å². The first-order valence-corrected chi connectivity index (χ1v) is 11.7. The standard InChI is InChI=1S/C24H36N2O6/c27-23(31-21-11-5-3-6-12-21)25-15-19-29-17-9-1-2-10-18-30-20-16-26-24(28)32-22-13-7-4-8-14-22/h21-22H,3-8,11-20H2,(H,25,27)(H,26,28). The lowest BCUT2D eigenvalue weighted by molar-refractivity contribution is 0.0720. The fraction of sp³-hybridized carbons (Fsp3) is 0.750. The van der Waals surface area contributed by atoms with E-state index in [0.717, 1.165) is 51.4 Å². The minimum Gasteiger partial charge on any atom is -0.446 e. The van der Waals surface area contributed by atoms with Crippen LogP contribution in [0.15, 0.2) is 0 Å². The Morgan fingerprint density at radius 3 is 1.47 bits per heavy atom. The van der Waals surface area contributed by atoms with E-state index < -0.39 is 0 Å². The number of ether oxygens (including phenoxy) is 4. The molecule has 2 rings (SSSR count). The highest BCUT2D eigenvalue weighted by atomic mass is 16.6. The van der Waals surface area contributed by atoms with E-state index in [0.29, 0.717) is 26.3 Å². The molecule has 2 N–H and O–H groups in total. The van der Waals surface area contributed by atoms with Crippen LogP contribution in [0.4, 0.5) is 9.59 Å². The largest absolute Gasteiger partial charge is 0.446 e. The van der Waals surface area contributed by atoms with Gasteiger partial charge in [-0.2, -0.15) is 0 Å². The molecule has 32 heavy (non-hydrogen) atoms. The average Bonchev–Trinajstić information content (AvgIpc) is 2.80. The molecular weight excluding hydrogens is 412 g/mol. The molecule has 0 aromatic heterocycles. The molecule has 0 spiro atoms. The summed E-state index contributed by atoms with van der Waals surface area (Å²) < 4.78 is 21.3. The van der Waals surface area contributed by atoms with Crippen LogP contribution in [-0.2, 0) is 18.9 Å². The van der Waals surface area contributed by atoms with Crippen LogP contribution < -0.4 is 10.6 Å². The van der Waals surface area contributed by atoms with Crippen LogP contribution in [0.2, 0.25) is 0 Å². The summed E-state index contributed by atoms with van der Waals surface area (Å²) in [5, 5.41) is 5.36. The van der Waals surface area contributed by atoms with Crippen molar-refractivity contribution in [3.63, 3.8) is 0 Å². The van der Waals surface area contributed by atoms with Crippen molar-refractivity contribution in [2.24, 2.45) is 0 Å². The van der Waals surface area contributed by atoms with E-state index >= 15 is 0 Å². The Hall–Kier alpha value is -2.42. The van der Waals surface area contributed by atoms with Crippen molar-refractivity contribution in [3.8, 4) is 23.7 Å². The smallest absolute Gasteiger partial charge is 0.407 e. The monoisotopic (exact) mass is 448 g/mol. The molecule has 2 saturated carbocycles. The Morgan fingerprint density at radius 1 is 0.656 bits per heavy atom. The Bertz CT molecular complexity index is 605. The first kappa shape index (κ1) is 25.8. The second-order valence-corrected chi connectivity index (χ2v) is 7.89. The van der Waals surface area contributed by atoms with E-state index in [1.165, 1.54) is 12.8 Å². The van der Waals surface area contributed by atoms with Crippen LogP contribution in [0.1, 0.15) is 64.2 Å². The van der Waals surface area contributed by atoms with Gasteiger partial charge in [-0.3, -0.25) is 0 Å². The fourth-order valence-electron chi connectivity index (χ4n) is 3.61. The third-order valence-electron chi connectivity index (χ3n) is 5.27. The van der Waals surface area contributed by atoms with Crippen LogP contribution in [0.5, 0.6) is 0 Å². The number of carbonyl (C=O) groups excluding carboxylic acids is 2. The topological polar surface area (TPSA) is 95.1 Å². The molecule has 0 unspecified atom stereocenters. The maximum absolute atomic E-state index is 11.7. The summed E-state index contributed by atoms with van der Waals surface area (Å²) in [4.78, 5) is 23.3. The molecule has 0 radical (unpaired) electrons. The van der Waals surface area contributed by atoms with Gasteiger partial charge in [0.15, 0.2) is 0 Å². The van der Waals surface area contributed by atoms with Crippen molar-refractivity contribution in [1.29, 1.82) is 0 Å². The lowest BCUT2D eigenvalue weighted by Crippen LogP contribution is -2.32. The number of hydrogen-bond donors (Lipinski definition) is 2. The van der Waals surface area contributed by atoms with Crippen molar-refractivity contribution in [1.82, 2.24) is 10.6 Å². The molecular formula is C24H36N2O6. The maximum Gasteiger partial charge on any atom is 0.407 e. The zero-order valence-corrected chi connectivity index (χ0v) is 18.9. The molecule has 0 heterocycles. The zero-order chi connectivity index (χ0) is 22.7. The van der Waals surface area contributed by atoms with Gasteiger partial charge in [0.25, 0.3) is 0 Å². The van der Waals surface area contributed by atoms with Crippen molar-refractivity contribution in [2.75, 3.05) is 39.5 Å². The van der Waals surface area contributed by atoms with Crippen molar-refractivity contribution in [3.05, 3.63) is 0 Å². The zero-order valence-electron chi connectivity index (χ0n) is 18.9. The summed E-state index contributed by atoms with van der Waals surface area (Å²) >= 11 is 0. The molecule has 8 heteroatoms. The van der Waals surface area contributed by atoms with Gasteiger partial charge in [0.05, 0.1) is 13.2 Å². The van der Waals surface area contributed by atoms with Gasteiger partial charge in [-0.1, -0.05) is 24.7 Å². The predicted octanol–water partition coefficient (Wildman–Crippen LogP) is 3.14. The summed E-state index contributed by atoms with van der Waals surface area (Å²) in [6.45, 7) is 1.97. The Labute approximate surface area is 191 Å². The highest BCUT2D eigenvalue weighted by molar-refractivity contribution is 5.67. The van der Waals surface area contributed by atoms with E-state index in [1.54, 1.807) is 0 Å². The van der Waals surface area contributed by atoms with Gasteiger partial charge in [-0.05, 0) is 63.2 Å². The van der Waals surface area contributed by atoms with Crippen LogP contribution in [0.25, 0.3) is 0 Å². The third kappa shape index (κ3) is 13.1. The summed E-state index contributed by atoms with van der Waals surface area (Å²) in [5.41, 5.74) is 0. The number of nitrogens with one attached hydrogen (secondary N) is 2. The number of rotatable bonds is 10. The van der Waals surface area contributed by atoms with E-state index in [2.05, 4.69) is 34.3 Å². The Morgan fingerprint density at radius 2 is 1.06 bits per heavy atom. The Balaban J connectivity index is 1.36. The molecule has 2 aliphatic rings. The van der Waals surface area contributed by atoms with Crippen molar-refractivity contribution < 1.29 is 28.5 Å². The second kappa shape index (κ2) is 17.2. The predicted molar refractivity (Wildman–Crippen MR) is 120 cm³/mol. The normalized spacial score (nSPS) is 16.6. The average molecular weight is 449 g/mol. The molecule has 0 atom stereocenters. The van der Waals surface area contributed by atoms with Crippen LogP contribution in [-0.4, -0.2) is 63.9 Å². The van der Waals surface area contributed by atoms with Gasteiger partial charge in [-0.25, -0.2) is 9.59 Å². The molecule has 0 saturated heterocycles. The molecule has 0 aromatic carbocycles. The lowest BCUT2D eigenvalue weighted by atomic mass is 9.98. The number of amides is 2. The van der Waals surface area contributed by atoms with Crippen molar-refractivity contribution in [2.45, 2.75) is 76.4 Å². The van der Waals surface area contributed by atoms with E-state index in [1.807, 2.05) is 0 Å². The minimum absolute atomic E-state index is 0.0529. The number of carbonyl (C=O) groups is 2. The molecule has 2 amide bonds. The molecule has 0 aliphatic heterocycles. The number of alkyl carbamates (subject to hydrolysis) is 2. The SMILES string of the molecule is O=C(NCCOCC#CC#CCOCCNC(=O)OC1CCCCC1)OC1CCCCC1. The summed E-state index contributed by atoms with van der Waals surface area (Å²) in [6.07, 6.45) is 10.1. The van der Waals surface area contributed by atoms with Crippen molar-refractivity contribution >= 4 is 12.2 Å². The summed E-state index contributed by atoms with van der Waals surface area (Å²) in [6, 6.07) is 0. The van der Waals surface area contributed by atoms with Gasteiger partial charge < -0.3 is 29.6 Å². The third-order valence-corrected chi connectivity index (χ3v) is 5.27. The van der Waals surface area contributed by atoms with Gasteiger partial charge in [0, 0.05) is 13.1 Å². The molecule has 2 fully saturated rings. The highest BCUT2D eigenvalue weighted by Crippen LogP contribution is 2.20. The molecule has 2 aliphatic carbocycles. The van der Waals surface area contributed by atoms with E-state index in [-0.39, 0.29) is 37.6 Å².